The summed E-state index contributed by atoms with van der Waals surface area (Å²) in [6.07, 6.45) is 0. The highest BCUT2D eigenvalue weighted by Crippen LogP contribution is 2.26. The Kier molecular flexibility index (Phi) is 4.08. The largest absolute Gasteiger partial charge is 0.394 e. The SMILES string of the molecule is CC1(C)CNCC(CO)N(c2cccc(C#N)c2)C1. The van der Waals surface area contributed by atoms with Crippen molar-refractivity contribution in [2.24, 2.45) is 5.41 Å². The molecule has 0 spiro atoms. The second-order valence-electron chi connectivity index (χ2n) is 5.92. The monoisotopic (exact) mass is 259 g/mol. The molecule has 2 N–H and O–H groups in total. The second kappa shape index (κ2) is 5.60. The third kappa shape index (κ3) is 3.25. The molecule has 0 bridgehead atoms. The molecule has 102 valence electrons. The Bertz CT molecular complexity index is 479. The highest BCUT2D eigenvalue weighted by molar-refractivity contribution is 5.52. The van der Waals surface area contributed by atoms with E-state index in [-0.39, 0.29) is 18.1 Å². The van der Waals surface area contributed by atoms with E-state index < -0.39 is 0 Å². The Labute approximate surface area is 114 Å². The molecule has 1 aromatic carbocycles. The maximum absolute atomic E-state index is 9.60. The molecule has 0 aliphatic carbocycles. The summed E-state index contributed by atoms with van der Waals surface area (Å²) >= 11 is 0. The highest BCUT2D eigenvalue weighted by atomic mass is 16.3. The van der Waals surface area contributed by atoms with E-state index >= 15 is 0 Å². The summed E-state index contributed by atoms with van der Waals surface area (Å²) < 4.78 is 0. The number of anilines is 1. The van der Waals surface area contributed by atoms with E-state index in [0.29, 0.717) is 5.56 Å². The van der Waals surface area contributed by atoms with Crippen molar-refractivity contribution in [3.05, 3.63) is 29.8 Å². The molecule has 0 amide bonds. The molecule has 4 nitrogen and oxygen atoms in total. The van der Waals surface area contributed by atoms with Gasteiger partial charge in [-0.2, -0.15) is 5.26 Å². The predicted molar refractivity (Wildman–Crippen MR) is 76.0 cm³/mol. The van der Waals surface area contributed by atoms with E-state index in [9.17, 15) is 5.11 Å². The van der Waals surface area contributed by atoms with Crippen molar-refractivity contribution < 1.29 is 5.11 Å². The van der Waals surface area contributed by atoms with Gasteiger partial charge in [-0.15, -0.1) is 0 Å². The molecule has 2 rings (SSSR count). The van der Waals surface area contributed by atoms with Crippen LogP contribution in [-0.4, -0.2) is 37.4 Å². The summed E-state index contributed by atoms with van der Waals surface area (Å²) in [5.74, 6) is 0. The fourth-order valence-corrected chi connectivity index (χ4v) is 2.55. The number of nitrogens with zero attached hydrogens (tertiary/aromatic N) is 2. The Morgan fingerprint density at radius 2 is 2.32 bits per heavy atom. The lowest BCUT2D eigenvalue weighted by molar-refractivity contribution is 0.258. The summed E-state index contributed by atoms with van der Waals surface area (Å²) in [4.78, 5) is 2.21. The van der Waals surface area contributed by atoms with E-state index in [4.69, 9.17) is 5.26 Å². The highest BCUT2D eigenvalue weighted by Gasteiger charge is 2.30. The van der Waals surface area contributed by atoms with Gasteiger partial charge in [0.2, 0.25) is 0 Å². The van der Waals surface area contributed by atoms with Crippen LogP contribution in [0.2, 0.25) is 0 Å². The zero-order valence-electron chi connectivity index (χ0n) is 11.6. The fourth-order valence-electron chi connectivity index (χ4n) is 2.55. The van der Waals surface area contributed by atoms with Crippen LogP contribution < -0.4 is 10.2 Å². The number of aliphatic hydroxyl groups excluding tert-OH is 1. The predicted octanol–water partition coefficient (Wildman–Crippen LogP) is 1.35. The number of benzene rings is 1. The lowest BCUT2D eigenvalue weighted by atomic mass is 9.93. The standard InChI is InChI=1S/C15H21N3O/c1-15(2)10-17-8-14(9-19)18(11-15)13-5-3-4-12(6-13)7-16/h3-6,14,17,19H,8-11H2,1-2H3. The van der Waals surface area contributed by atoms with E-state index in [2.05, 4.69) is 30.1 Å². The molecule has 0 saturated carbocycles. The number of nitriles is 1. The third-order valence-electron chi connectivity index (χ3n) is 3.54. The molecular formula is C15H21N3O. The summed E-state index contributed by atoms with van der Waals surface area (Å²) in [6.45, 7) is 7.08. The van der Waals surface area contributed by atoms with E-state index in [1.54, 1.807) is 6.07 Å². The zero-order chi connectivity index (χ0) is 13.9. The molecule has 1 atom stereocenters. The van der Waals surface area contributed by atoms with Crippen molar-refractivity contribution in [2.45, 2.75) is 19.9 Å². The molecule has 4 heteroatoms. The number of aliphatic hydroxyl groups is 1. The van der Waals surface area contributed by atoms with E-state index in [1.165, 1.54) is 0 Å². The topological polar surface area (TPSA) is 59.3 Å². The number of nitrogens with one attached hydrogen (secondary N) is 1. The first kappa shape index (κ1) is 13.9. The Balaban J connectivity index is 2.33. The van der Waals surface area contributed by atoms with Crippen molar-refractivity contribution in [1.82, 2.24) is 5.32 Å². The van der Waals surface area contributed by atoms with Crippen LogP contribution in [0, 0.1) is 16.7 Å². The maximum Gasteiger partial charge on any atom is 0.0992 e. The number of rotatable bonds is 2. The van der Waals surface area contributed by atoms with E-state index in [1.807, 2.05) is 18.2 Å². The van der Waals surface area contributed by atoms with Gasteiger partial charge in [0.15, 0.2) is 0 Å². The van der Waals surface area contributed by atoms with Gasteiger partial charge in [-0.3, -0.25) is 0 Å². The number of hydrogen-bond acceptors (Lipinski definition) is 4. The molecule has 1 saturated heterocycles. The minimum atomic E-state index is 0.0516. The molecule has 1 aromatic rings. The molecule has 1 fully saturated rings. The fraction of sp³-hybridized carbons (Fsp3) is 0.533. The van der Waals surface area contributed by atoms with Gasteiger partial charge >= 0.3 is 0 Å². The van der Waals surface area contributed by atoms with Gasteiger partial charge in [0.25, 0.3) is 0 Å². The van der Waals surface area contributed by atoms with Gasteiger partial charge < -0.3 is 15.3 Å². The van der Waals surface area contributed by atoms with Crippen LogP contribution in [0.3, 0.4) is 0 Å². The minimum absolute atomic E-state index is 0.0516. The van der Waals surface area contributed by atoms with Gasteiger partial charge in [0, 0.05) is 25.3 Å². The summed E-state index contributed by atoms with van der Waals surface area (Å²) in [7, 11) is 0. The first-order chi connectivity index (χ1) is 9.05. The smallest absolute Gasteiger partial charge is 0.0992 e. The minimum Gasteiger partial charge on any atom is -0.394 e. The van der Waals surface area contributed by atoms with Crippen molar-refractivity contribution >= 4 is 5.69 Å². The zero-order valence-corrected chi connectivity index (χ0v) is 11.6. The average Bonchev–Trinajstić information content (AvgIpc) is 2.56. The van der Waals surface area contributed by atoms with Crippen LogP contribution in [0.1, 0.15) is 19.4 Å². The van der Waals surface area contributed by atoms with Crippen LogP contribution >= 0.6 is 0 Å². The molecule has 0 aromatic heterocycles. The lowest BCUT2D eigenvalue weighted by Crippen LogP contribution is -2.44. The van der Waals surface area contributed by atoms with Crippen molar-refractivity contribution in [1.29, 1.82) is 5.26 Å². The Hall–Kier alpha value is -1.57. The Morgan fingerprint density at radius 1 is 1.53 bits per heavy atom. The van der Waals surface area contributed by atoms with Crippen LogP contribution in [0.15, 0.2) is 24.3 Å². The quantitative estimate of drug-likeness (QED) is 0.842. The normalized spacial score (nSPS) is 22.6. The van der Waals surface area contributed by atoms with Crippen molar-refractivity contribution in [3.63, 3.8) is 0 Å². The first-order valence-corrected chi connectivity index (χ1v) is 6.64. The summed E-state index contributed by atoms with van der Waals surface area (Å²) in [6, 6.07) is 9.82. The van der Waals surface area contributed by atoms with E-state index in [0.717, 1.165) is 25.3 Å². The van der Waals surface area contributed by atoms with Gasteiger partial charge in [-0.25, -0.2) is 0 Å². The van der Waals surface area contributed by atoms with Crippen molar-refractivity contribution in [2.75, 3.05) is 31.1 Å². The molecule has 19 heavy (non-hydrogen) atoms. The average molecular weight is 259 g/mol. The van der Waals surface area contributed by atoms with Crippen LogP contribution in [0.5, 0.6) is 0 Å². The third-order valence-corrected chi connectivity index (χ3v) is 3.54. The van der Waals surface area contributed by atoms with Gasteiger partial charge in [0.05, 0.1) is 24.3 Å². The molecule has 1 aliphatic rings. The van der Waals surface area contributed by atoms with Crippen LogP contribution in [0.25, 0.3) is 0 Å². The van der Waals surface area contributed by atoms with Crippen LogP contribution in [0.4, 0.5) is 5.69 Å². The second-order valence-corrected chi connectivity index (χ2v) is 5.92. The molecule has 1 unspecified atom stereocenters. The van der Waals surface area contributed by atoms with Gasteiger partial charge in [-0.1, -0.05) is 19.9 Å². The summed E-state index contributed by atoms with van der Waals surface area (Å²) in [5.41, 5.74) is 1.80. The van der Waals surface area contributed by atoms with Crippen LogP contribution in [-0.2, 0) is 0 Å². The Morgan fingerprint density at radius 3 is 3.00 bits per heavy atom. The lowest BCUT2D eigenvalue weighted by Gasteiger charge is -2.35. The first-order valence-electron chi connectivity index (χ1n) is 6.64. The van der Waals surface area contributed by atoms with Gasteiger partial charge in [0.1, 0.15) is 0 Å². The molecule has 0 radical (unpaired) electrons. The molecule has 1 heterocycles. The van der Waals surface area contributed by atoms with Crippen molar-refractivity contribution in [3.8, 4) is 6.07 Å². The van der Waals surface area contributed by atoms with Gasteiger partial charge in [-0.05, 0) is 23.6 Å². The molecule has 1 aliphatic heterocycles. The summed E-state index contributed by atoms with van der Waals surface area (Å²) in [5, 5.41) is 22.0. The molecular weight excluding hydrogens is 238 g/mol. The number of hydrogen-bond donors (Lipinski definition) is 2. The maximum atomic E-state index is 9.60.